The zero-order valence-corrected chi connectivity index (χ0v) is 12.1. The highest BCUT2D eigenvalue weighted by molar-refractivity contribution is 6.62. The summed E-state index contributed by atoms with van der Waals surface area (Å²) in [5, 5.41) is 4.22. The molecule has 0 fully saturated rings. The van der Waals surface area contributed by atoms with Crippen molar-refractivity contribution in [2.24, 2.45) is 0 Å². The van der Waals surface area contributed by atoms with Crippen LogP contribution >= 0.6 is 0 Å². The fourth-order valence-corrected chi connectivity index (χ4v) is 6.38. The molecule has 86 valence electrons. The van der Waals surface area contributed by atoms with Gasteiger partial charge in [-0.05, 0) is 16.6 Å². The molecule has 0 aromatic rings. The molecule has 0 saturated heterocycles. The van der Waals surface area contributed by atoms with Gasteiger partial charge in [-0.15, -0.1) is 0 Å². The lowest BCUT2D eigenvalue weighted by Crippen LogP contribution is -2.51. The van der Waals surface area contributed by atoms with Gasteiger partial charge in [0.05, 0.1) is 0 Å². The van der Waals surface area contributed by atoms with E-state index >= 15 is 0 Å². The van der Waals surface area contributed by atoms with Crippen LogP contribution in [0.4, 0.5) is 0 Å². The molecular weight excluding hydrogens is 188 g/mol. The van der Waals surface area contributed by atoms with Crippen molar-refractivity contribution in [3.8, 4) is 0 Å². The van der Waals surface area contributed by atoms with Crippen LogP contribution in [0.1, 0.15) is 48.5 Å². The molecule has 0 unspecified atom stereocenters. The summed E-state index contributed by atoms with van der Waals surface area (Å²) in [6, 6.07) is 0. The topological polar surface area (TPSA) is 24.1 Å². The van der Waals surface area contributed by atoms with Crippen LogP contribution in [0.3, 0.4) is 0 Å². The Balaban J connectivity index is 4.28. The molecule has 0 spiro atoms. The first-order valence-corrected chi connectivity index (χ1v) is 7.37. The van der Waals surface area contributed by atoms with E-state index in [4.69, 9.17) is 0 Å². The van der Waals surface area contributed by atoms with Crippen molar-refractivity contribution >= 4 is 8.96 Å². The normalized spacial score (nSPS) is 13.7. The standard InChI is InChI=1S/C11H28N2Si/c1-8-12-9-13-14(10(2,3)4)11(5,6)7/h12-14H,8-9H2,1-7H3. The van der Waals surface area contributed by atoms with E-state index in [1.807, 2.05) is 0 Å². The van der Waals surface area contributed by atoms with Gasteiger partial charge in [0.1, 0.15) is 8.96 Å². The molecule has 0 amide bonds. The lowest BCUT2D eigenvalue weighted by Gasteiger charge is -2.39. The second kappa shape index (κ2) is 5.28. The summed E-state index contributed by atoms with van der Waals surface area (Å²) >= 11 is 0. The number of nitrogens with one attached hydrogen (secondary N) is 2. The van der Waals surface area contributed by atoms with Gasteiger partial charge >= 0.3 is 0 Å². The molecule has 0 aromatic heterocycles. The maximum Gasteiger partial charge on any atom is 0.120 e. The highest BCUT2D eigenvalue weighted by Crippen LogP contribution is 2.39. The molecule has 0 atom stereocenters. The lowest BCUT2D eigenvalue weighted by molar-refractivity contribution is 0.591. The van der Waals surface area contributed by atoms with Crippen molar-refractivity contribution in [1.82, 2.24) is 10.3 Å². The SMILES string of the molecule is CCNCN[SiH](C(C)(C)C)C(C)(C)C. The van der Waals surface area contributed by atoms with Crippen molar-refractivity contribution in [1.29, 1.82) is 0 Å². The predicted octanol–water partition coefficient (Wildman–Crippen LogP) is 2.47. The summed E-state index contributed by atoms with van der Waals surface area (Å²) in [4.78, 5) is 3.73. The molecule has 0 aliphatic carbocycles. The molecule has 0 rings (SSSR count). The quantitative estimate of drug-likeness (QED) is 0.428. The third-order valence-corrected chi connectivity index (χ3v) is 6.49. The Hall–Kier alpha value is 0.137. The second-order valence-electron chi connectivity index (χ2n) is 6.15. The first kappa shape index (κ1) is 14.1. The molecule has 0 saturated carbocycles. The average molecular weight is 216 g/mol. The van der Waals surface area contributed by atoms with Crippen molar-refractivity contribution in [2.75, 3.05) is 13.2 Å². The van der Waals surface area contributed by atoms with Crippen LogP contribution in [-0.2, 0) is 0 Å². The van der Waals surface area contributed by atoms with Gasteiger partial charge in [-0.1, -0.05) is 48.5 Å². The van der Waals surface area contributed by atoms with Crippen LogP contribution in [0, 0.1) is 0 Å². The van der Waals surface area contributed by atoms with Crippen molar-refractivity contribution in [3.63, 3.8) is 0 Å². The summed E-state index contributed by atoms with van der Waals surface area (Å²) < 4.78 is 0. The monoisotopic (exact) mass is 216 g/mol. The van der Waals surface area contributed by atoms with E-state index in [0.717, 1.165) is 13.2 Å². The van der Waals surface area contributed by atoms with E-state index in [2.05, 4.69) is 58.8 Å². The van der Waals surface area contributed by atoms with Gasteiger partial charge < -0.3 is 10.3 Å². The van der Waals surface area contributed by atoms with Gasteiger partial charge in [-0.25, -0.2) is 0 Å². The molecule has 2 nitrogen and oxygen atoms in total. The molecule has 2 N–H and O–H groups in total. The van der Waals surface area contributed by atoms with E-state index in [-0.39, 0.29) is 0 Å². The summed E-state index contributed by atoms with van der Waals surface area (Å²) in [6.45, 7) is 18.3. The molecule has 0 bridgehead atoms. The van der Waals surface area contributed by atoms with Crippen molar-refractivity contribution in [2.45, 2.75) is 58.5 Å². The molecule has 0 radical (unpaired) electrons. The summed E-state index contributed by atoms with van der Waals surface area (Å²) in [5.74, 6) is 0. The smallest absolute Gasteiger partial charge is 0.120 e. The van der Waals surface area contributed by atoms with Gasteiger partial charge in [0, 0.05) is 6.67 Å². The molecule has 0 aliphatic heterocycles. The Kier molecular flexibility index (Phi) is 5.34. The third kappa shape index (κ3) is 5.13. The van der Waals surface area contributed by atoms with Gasteiger partial charge in [0.15, 0.2) is 0 Å². The highest BCUT2D eigenvalue weighted by atomic mass is 28.3. The molecule has 3 heteroatoms. The predicted molar refractivity (Wildman–Crippen MR) is 68.3 cm³/mol. The van der Waals surface area contributed by atoms with Crippen LogP contribution in [-0.4, -0.2) is 22.2 Å². The van der Waals surface area contributed by atoms with Crippen LogP contribution in [0.15, 0.2) is 0 Å². The number of hydrogen-bond donors (Lipinski definition) is 2. The Bertz CT molecular complexity index is 142. The minimum Gasteiger partial charge on any atom is -0.327 e. The number of hydrogen-bond acceptors (Lipinski definition) is 2. The van der Waals surface area contributed by atoms with Crippen LogP contribution in [0.5, 0.6) is 0 Å². The van der Waals surface area contributed by atoms with Gasteiger partial charge in [-0.3, -0.25) is 0 Å². The summed E-state index contributed by atoms with van der Waals surface area (Å²) in [6.07, 6.45) is 0. The Morgan fingerprint density at radius 2 is 1.36 bits per heavy atom. The molecule has 0 heterocycles. The van der Waals surface area contributed by atoms with Crippen LogP contribution in [0.2, 0.25) is 10.1 Å². The zero-order chi connectivity index (χ0) is 11.4. The second-order valence-corrected chi connectivity index (χ2v) is 10.9. The third-order valence-electron chi connectivity index (χ3n) is 2.41. The summed E-state index contributed by atoms with van der Waals surface area (Å²) in [7, 11) is -0.954. The first-order chi connectivity index (χ1) is 6.19. The maximum atomic E-state index is 3.73. The molecule has 0 aliphatic rings. The van der Waals surface area contributed by atoms with Crippen LogP contribution < -0.4 is 10.3 Å². The lowest BCUT2D eigenvalue weighted by atomic mass is 10.2. The molecule has 14 heavy (non-hydrogen) atoms. The van der Waals surface area contributed by atoms with E-state index in [9.17, 15) is 0 Å². The Morgan fingerprint density at radius 3 is 1.64 bits per heavy atom. The minimum absolute atomic E-state index is 0.438. The van der Waals surface area contributed by atoms with Gasteiger partial charge in [0.2, 0.25) is 0 Å². The number of rotatable bonds is 4. The minimum atomic E-state index is -0.954. The highest BCUT2D eigenvalue weighted by Gasteiger charge is 2.36. The zero-order valence-electron chi connectivity index (χ0n) is 11.0. The Labute approximate surface area is 91.5 Å². The first-order valence-electron chi connectivity index (χ1n) is 5.63. The van der Waals surface area contributed by atoms with Crippen molar-refractivity contribution < 1.29 is 0 Å². The van der Waals surface area contributed by atoms with E-state index in [1.54, 1.807) is 0 Å². The van der Waals surface area contributed by atoms with Gasteiger partial charge in [0.25, 0.3) is 0 Å². The maximum absolute atomic E-state index is 3.73. The summed E-state index contributed by atoms with van der Waals surface area (Å²) in [5.41, 5.74) is 0. The van der Waals surface area contributed by atoms with E-state index in [0.29, 0.717) is 10.1 Å². The van der Waals surface area contributed by atoms with Crippen molar-refractivity contribution in [3.05, 3.63) is 0 Å². The fourth-order valence-electron chi connectivity index (χ4n) is 2.21. The van der Waals surface area contributed by atoms with E-state index < -0.39 is 8.96 Å². The van der Waals surface area contributed by atoms with Crippen LogP contribution in [0.25, 0.3) is 0 Å². The Morgan fingerprint density at radius 1 is 0.929 bits per heavy atom. The average Bonchev–Trinajstić information content (AvgIpc) is 1.92. The molecule has 0 aromatic carbocycles. The fraction of sp³-hybridized carbons (Fsp3) is 1.00. The van der Waals surface area contributed by atoms with Gasteiger partial charge in [-0.2, -0.15) is 0 Å². The molecular formula is C11H28N2Si. The van der Waals surface area contributed by atoms with E-state index in [1.165, 1.54) is 0 Å². The largest absolute Gasteiger partial charge is 0.327 e.